The van der Waals surface area contributed by atoms with Gasteiger partial charge >= 0.3 is 0 Å². The van der Waals surface area contributed by atoms with E-state index in [-0.39, 0.29) is 24.5 Å². The molecule has 1 saturated heterocycles. The Balaban J connectivity index is 1.48. The fourth-order valence-electron chi connectivity index (χ4n) is 2.69. The van der Waals surface area contributed by atoms with Crippen molar-refractivity contribution in [2.75, 3.05) is 19.6 Å². The summed E-state index contributed by atoms with van der Waals surface area (Å²) in [5, 5.41) is 6.06. The molecule has 0 atom stereocenters. The number of rotatable bonds is 7. The molecule has 1 aliphatic heterocycles. The minimum Gasteiger partial charge on any atom is -0.356 e. The van der Waals surface area contributed by atoms with Gasteiger partial charge in [-0.05, 0) is 11.1 Å². The smallest absolute Gasteiger partial charge is 0.220 e. The molecule has 1 aliphatic rings. The molecule has 3 rings (SSSR count). The molecule has 4 nitrogen and oxygen atoms in total. The molecule has 2 N–H and O–H groups in total. The van der Waals surface area contributed by atoms with E-state index in [0.29, 0.717) is 18.0 Å². The van der Waals surface area contributed by atoms with Gasteiger partial charge in [-0.3, -0.25) is 9.59 Å². The van der Waals surface area contributed by atoms with Gasteiger partial charge < -0.3 is 10.6 Å². The summed E-state index contributed by atoms with van der Waals surface area (Å²) >= 11 is 0. The Kier molecular flexibility index (Phi) is 5.39. The van der Waals surface area contributed by atoms with Crippen LogP contribution in [-0.2, 0) is 4.79 Å². The molecule has 1 amide bonds. The molecule has 1 heterocycles. The van der Waals surface area contributed by atoms with Gasteiger partial charge in [-0.1, -0.05) is 54.6 Å². The van der Waals surface area contributed by atoms with Crippen LogP contribution in [0, 0.1) is 5.92 Å². The first-order valence-electron chi connectivity index (χ1n) is 8.38. The predicted octanol–water partition coefficient (Wildman–Crippen LogP) is 2.65. The second-order valence-corrected chi connectivity index (χ2v) is 6.19. The highest BCUT2D eigenvalue weighted by Gasteiger charge is 2.17. The van der Waals surface area contributed by atoms with Gasteiger partial charge in [-0.2, -0.15) is 0 Å². The molecule has 2 aromatic rings. The maximum Gasteiger partial charge on any atom is 0.220 e. The van der Waals surface area contributed by atoms with Crippen LogP contribution in [0.15, 0.2) is 54.6 Å². The summed E-state index contributed by atoms with van der Waals surface area (Å²) in [7, 11) is 0. The Hall–Kier alpha value is -2.46. The van der Waals surface area contributed by atoms with Crippen LogP contribution in [0.25, 0.3) is 11.1 Å². The van der Waals surface area contributed by atoms with Crippen molar-refractivity contribution < 1.29 is 9.59 Å². The molecule has 1 fully saturated rings. The van der Waals surface area contributed by atoms with Crippen LogP contribution in [0.5, 0.6) is 0 Å². The van der Waals surface area contributed by atoms with Gasteiger partial charge in [0.15, 0.2) is 5.78 Å². The van der Waals surface area contributed by atoms with Crippen LogP contribution in [0.2, 0.25) is 0 Å². The monoisotopic (exact) mass is 322 g/mol. The molecule has 124 valence electrons. The third-order valence-corrected chi connectivity index (χ3v) is 4.35. The normalized spacial score (nSPS) is 14.0. The van der Waals surface area contributed by atoms with Gasteiger partial charge in [-0.15, -0.1) is 0 Å². The minimum absolute atomic E-state index is 0.00933. The summed E-state index contributed by atoms with van der Waals surface area (Å²) in [6.45, 7) is 2.63. The van der Waals surface area contributed by atoms with E-state index in [0.717, 1.165) is 24.2 Å². The van der Waals surface area contributed by atoms with Crippen LogP contribution in [-0.4, -0.2) is 31.3 Å². The molecular formula is C20H22N2O2. The highest BCUT2D eigenvalue weighted by Crippen LogP contribution is 2.19. The number of nitrogens with one attached hydrogen (secondary N) is 2. The third-order valence-electron chi connectivity index (χ3n) is 4.35. The average molecular weight is 322 g/mol. The lowest BCUT2D eigenvalue weighted by molar-refractivity contribution is -0.121. The maximum atomic E-state index is 12.2. The number of amides is 1. The Morgan fingerprint density at radius 1 is 0.917 bits per heavy atom. The zero-order valence-electron chi connectivity index (χ0n) is 13.6. The van der Waals surface area contributed by atoms with Crippen molar-refractivity contribution >= 4 is 11.7 Å². The quantitative estimate of drug-likeness (QED) is 0.771. The van der Waals surface area contributed by atoms with Crippen LogP contribution in [0.3, 0.4) is 0 Å². The maximum absolute atomic E-state index is 12.2. The second-order valence-electron chi connectivity index (χ2n) is 6.19. The van der Waals surface area contributed by atoms with E-state index in [9.17, 15) is 9.59 Å². The van der Waals surface area contributed by atoms with E-state index < -0.39 is 0 Å². The lowest BCUT2D eigenvalue weighted by Crippen LogP contribution is -2.48. The molecule has 0 bridgehead atoms. The number of ketones is 1. The number of hydrogen-bond acceptors (Lipinski definition) is 3. The molecule has 0 aliphatic carbocycles. The summed E-state index contributed by atoms with van der Waals surface area (Å²) in [6.07, 6.45) is 0.499. The third kappa shape index (κ3) is 4.30. The van der Waals surface area contributed by atoms with Gasteiger partial charge in [0, 0.05) is 44.0 Å². The molecular weight excluding hydrogens is 300 g/mol. The average Bonchev–Trinajstić information content (AvgIpc) is 2.59. The molecule has 0 unspecified atom stereocenters. The van der Waals surface area contributed by atoms with E-state index in [1.165, 1.54) is 0 Å². The van der Waals surface area contributed by atoms with E-state index in [4.69, 9.17) is 0 Å². The molecule has 0 saturated carbocycles. The first-order chi connectivity index (χ1) is 11.7. The van der Waals surface area contributed by atoms with E-state index >= 15 is 0 Å². The van der Waals surface area contributed by atoms with Crippen LogP contribution in [0.1, 0.15) is 23.2 Å². The predicted molar refractivity (Wildman–Crippen MR) is 94.8 cm³/mol. The Morgan fingerprint density at radius 3 is 2.21 bits per heavy atom. The SMILES string of the molecule is O=C(CCC(=O)c1ccc(-c2ccccc2)cc1)NCC1CNC1. The summed E-state index contributed by atoms with van der Waals surface area (Å²) in [5.74, 6) is 0.501. The number of carbonyl (C=O) groups excluding carboxylic acids is 2. The molecule has 0 spiro atoms. The highest BCUT2D eigenvalue weighted by molar-refractivity contribution is 5.98. The largest absolute Gasteiger partial charge is 0.356 e. The highest BCUT2D eigenvalue weighted by atomic mass is 16.2. The van der Waals surface area contributed by atoms with Crippen LogP contribution < -0.4 is 10.6 Å². The standard InChI is InChI=1S/C20H22N2O2/c23-19(10-11-20(24)22-14-15-12-21-13-15)18-8-6-17(7-9-18)16-4-2-1-3-5-16/h1-9,15,21H,10-14H2,(H,22,24). The number of hydrogen-bond donors (Lipinski definition) is 2. The van der Waals surface area contributed by atoms with E-state index in [1.807, 2.05) is 54.6 Å². The Bertz CT molecular complexity index is 691. The van der Waals surface area contributed by atoms with Crippen molar-refractivity contribution in [2.45, 2.75) is 12.8 Å². The van der Waals surface area contributed by atoms with E-state index in [1.54, 1.807) is 0 Å². The summed E-state index contributed by atoms with van der Waals surface area (Å²) in [5.41, 5.74) is 2.87. The lowest BCUT2D eigenvalue weighted by atomic mass is 10.0. The molecule has 2 aromatic carbocycles. The molecule has 0 radical (unpaired) electrons. The van der Waals surface area contributed by atoms with E-state index in [2.05, 4.69) is 10.6 Å². The van der Waals surface area contributed by atoms with Crippen LogP contribution >= 0.6 is 0 Å². The van der Waals surface area contributed by atoms with Crippen LogP contribution in [0.4, 0.5) is 0 Å². The van der Waals surface area contributed by atoms with Gasteiger partial charge in [0.05, 0.1) is 0 Å². The van der Waals surface area contributed by atoms with Gasteiger partial charge in [-0.25, -0.2) is 0 Å². The number of benzene rings is 2. The Morgan fingerprint density at radius 2 is 1.58 bits per heavy atom. The summed E-state index contributed by atoms with van der Waals surface area (Å²) in [4.78, 5) is 24.0. The first kappa shape index (κ1) is 16.4. The van der Waals surface area contributed by atoms with Gasteiger partial charge in [0.2, 0.25) is 5.91 Å². The fraction of sp³-hybridized carbons (Fsp3) is 0.300. The molecule has 4 heteroatoms. The topological polar surface area (TPSA) is 58.2 Å². The lowest BCUT2D eigenvalue weighted by Gasteiger charge is -2.27. The summed E-state index contributed by atoms with van der Waals surface area (Å²) in [6, 6.07) is 17.6. The Labute approximate surface area is 142 Å². The summed E-state index contributed by atoms with van der Waals surface area (Å²) < 4.78 is 0. The van der Waals surface area contributed by atoms with Crippen molar-refractivity contribution in [1.82, 2.24) is 10.6 Å². The second kappa shape index (κ2) is 7.88. The van der Waals surface area contributed by atoms with Crippen molar-refractivity contribution in [2.24, 2.45) is 5.92 Å². The molecule has 24 heavy (non-hydrogen) atoms. The van der Waals surface area contributed by atoms with Gasteiger partial charge in [0.1, 0.15) is 0 Å². The van der Waals surface area contributed by atoms with Crippen molar-refractivity contribution in [3.05, 3.63) is 60.2 Å². The number of carbonyl (C=O) groups is 2. The van der Waals surface area contributed by atoms with Gasteiger partial charge in [0.25, 0.3) is 0 Å². The number of Topliss-reactive ketones (excluding diaryl/α,β-unsaturated/α-hetero) is 1. The molecule has 0 aromatic heterocycles. The van der Waals surface area contributed by atoms with Crippen molar-refractivity contribution in [1.29, 1.82) is 0 Å². The first-order valence-corrected chi connectivity index (χ1v) is 8.38. The minimum atomic E-state index is -0.0452. The zero-order chi connectivity index (χ0) is 16.8. The van der Waals surface area contributed by atoms with Crippen molar-refractivity contribution in [3.63, 3.8) is 0 Å². The fourth-order valence-corrected chi connectivity index (χ4v) is 2.69. The van der Waals surface area contributed by atoms with Crippen molar-refractivity contribution in [3.8, 4) is 11.1 Å². The zero-order valence-corrected chi connectivity index (χ0v) is 13.6.